The molecule has 0 heterocycles. The van der Waals surface area contributed by atoms with Crippen molar-refractivity contribution in [2.75, 3.05) is 30.8 Å². The molecule has 3 aromatic carbocycles. The van der Waals surface area contributed by atoms with Crippen LogP contribution in [-0.2, 0) is 16.1 Å². The molecule has 0 spiro atoms. The molecule has 0 bridgehead atoms. The number of ether oxygens (including phenoxy) is 2. The maximum absolute atomic E-state index is 12.6. The molecule has 0 saturated carbocycles. The largest absolute Gasteiger partial charge is 0.487 e. The minimum absolute atomic E-state index is 0.000514. The normalized spacial score (nSPS) is 11.2. The molecule has 0 fully saturated rings. The van der Waals surface area contributed by atoms with Crippen LogP contribution in [-0.4, -0.2) is 56.3 Å². The fraction of sp³-hybridized carbons (Fsp3) is 0.323. The Kier molecular flexibility index (Phi) is 14.5. The molecular formula is C31H37F4N5O4. The van der Waals surface area contributed by atoms with Gasteiger partial charge in [-0.3, -0.25) is 15.0 Å². The molecule has 3 rings (SSSR count). The summed E-state index contributed by atoms with van der Waals surface area (Å²) in [5.74, 6) is -0.437. The number of rotatable bonds is 15. The van der Waals surface area contributed by atoms with Gasteiger partial charge in [0.25, 0.3) is 6.43 Å². The first kappa shape index (κ1) is 35.4. The Bertz CT molecular complexity index is 1360. The average Bonchev–Trinajstić information content (AvgIpc) is 2.98. The van der Waals surface area contributed by atoms with Gasteiger partial charge >= 0.3 is 6.61 Å². The van der Waals surface area contributed by atoms with Crippen molar-refractivity contribution in [1.82, 2.24) is 4.90 Å². The lowest BCUT2D eigenvalue weighted by Gasteiger charge is -2.18. The molecule has 0 aliphatic carbocycles. The second kappa shape index (κ2) is 18.0. The van der Waals surface area contributed by atoms with E-state index in [4.69, 9.17) is 15.9 Å². The van der Waals surface area contributed by atoms with E-state index in [9.17, 15) is 27.2 Å². The van der Waals surface area contributed by atoms with E-state index in [0.717, 1.165) is 17.8 Å². The van der Waals surface area contributed by atoms with E-state index < -0.39 is 19.6 Å². The molecule has 0 radical (unpaired) electrons. The molecule has 2 amide bonds. The number of alkyl halides is 4. The first-order chi connectivity index (χ1) is 20.9. The quantitative estimate of drug-likeness (QED) is 0.0709. The van der Waals surface area contributed by atoms with E-state index in [-0.39, 0.29) is 47.7 Å². The topological polar surface area (TPSA) is 130 Å². The van der Waals surface area contributed by atoms with Crippen LogP contribution in [0.5, 0.6) is 11.5 Å². The monoisotopic (exact) mass is 619 g/mol. The molecule has 1 atom stereocenters. The number of para-hydroxylation sites is 1. The van der Waals surface area contributed by atoms with Gasteiger partial charge in [0.15, 0.2) is 0 Å². The zero-order chi connectivity index (χ0) is 32.6. The Hall–Kier alpha value is -4.81. The fourth-order valence-corrected chi connectivity index (χ4v) is 4.04. The van der Waals surface area contributed by atoms with Gasteiger partial charge in [-0.1, -0.05) is 25.1 Å². The Balaban J connectivity index is 0.000000469. The molecule has 0 unspecified atom stereocenters. The third-order valence-corrected chi connectivity index (χ3v) is 6.04. The third-order valence-electron chi connectivity index (χ3n) is 6.04. The van der Waals surface area contributed by atoms with Crippen molar-refractivity contribution in [2.45, 2.75) is 45.8 Å². The molecule has 0 aliphatic rings. The summed E-state index contributed by atoms with van der Waals surface area (Å²) >= 11 is 0. The first-order valence-electron chi connectivity index (χ1n) is 13.6. The highest BCUT2D eigenvalue weighted by atomic mass is 19.3. The van der Waals surface area contributed by atoms with Crippen LogP contribution >= 0.6 is 0 Å². The van der Waals surface area contributed by atoms with Crippen molar-refractivity contribution in [3.05, 3.63) is 83.4 Å². The predicted molar refractivity (Wildman–Crippen MR) is 162 cm³/mol. The number of amidine groups is 1. The Morgan fingerprint density at radius 3 is 2.27 bits per heavy atom. The maximum atomic E-state index is 12.6. The molecule has 0 aromatic heterocycles. The summed E-state index contributed by atoms with van der Waals surface area (Å²) in [6, 6.07) is 18.3. The number of nitrogens with one attached hydrogen (secondary N) is 3. The van der Waals surface area contributed by atoms with Gasteiger partial charge in [0.05, 0.1) is 0 Å². The number of carbonyl (C=O) groups is 2. The fourth-order valence-electron chi connectivity index (χ4n) is 4.04. The highest BCUT2D eigenvalue weighted by molar-refractivity contribution is 5.95. The van der Waals surface area contributed by atoms with E-state index >= 15 is 0 Å². The number of hydrogen-bond donors (Lipinski definition) is 4. The van der Waals surface area contributed by atoms with Crippen LogP contribution in [0.15, 0.2) is 66.7 Å². The number of hydrogen-bond acceptors (Lipinski definition) is 6. The van der Waals surface area contributed by atoms with Gasteiger partial charge in [-0.2, -0.15) is 8.78 Å². The Morgan fingerprint density at radius 1 is 1.02 bits per heavy atom. The summed E-state index contributed by atoms with van der Waals surface area (Å²) in [7, 11) is 1.47. The van der Waals surface area contributed by atoms with Crippen LogP contribution in [0.2, 0.25) is 0 Å². The van der Waals surface area contributed by atoms with Gasteiger partial charge < -0.3 is 30.7 Å². The molecule has 3 aromatic rings. The smallest absolute Gasteiger partial charge is 0.387 e. The van der Waals surface area contributed by atoms with Crippen molar-refractivity contribution in [3.8, 4) is 11.5 Å². The lowest BCUT2D eigenvalue weighted by atomic mass is 9.96. The predicted octanol–water partition coefficient (Wildman–Crippen LogP) is 6.05. The minimum Gasteiger partial charge on any atom is -0.487 e. The lowest BCUT2D eigenvalue weighted by molar-refractivity contribution is -0.118. The zero-order valence-corrected chi connectivity index (χ0v) is 24.7. The number of nitrogens with two attached hydrogens (primary N) is 1. The standard InChI is InChI=1S/C22H24F4N2O4.C9H13N3/c1-14(17-5-3-4-6-19(17)31-12-20(23)24)9-21(30)27-16-7-8-18(32-22(25)26)15(10-16)11-28(2)13-29;1-2-12-8-5-3-7(4-6-8)9(10)11/h3-8,10,13-14,20,22H,9,11-12H2,1-2H3,(H,27,30);3-6,12H,2H2,1H3,(H3,10,11)/t14-;/m1./s1. The van der Waals surface area contributed by atoms with Crippen LogP contribution in [0.3, 0.4) is 0 Å². The molecule has 0 aliphatic heterocycles. The second-order valence-corrected chi connectivity index (χ2v) is 9.64. The summed E-state index contributed by atoms with van der Waals surface area (Å²) in [4.78, 5) is 24.7. The van der Waals surface area contributed by atoms with Crippen LogP contribution in [0.1, 0.15) is 42.9 Å². The molecule has 0 saturated heterocycles. The highest BCUT2D eigenvalue weighted by Gasteiger charge is 2.18. The molecule has 13 heteroatoms. The van der Waals surface area contributed by atoms with E-state index in [1.54, 1.807) is 31.2 Å². The summed E-state index contributed by atoms with van der Waals surface area (Å²) < 4.78 is 59.8. The van der Waals surface area contributed by atoms with Gasteiger partial charge in [-0.15, -0.1) is 0 Å². The third kappa shape index (κ3) is 12.2. The van der Waals surface area contributed by atoms with Gasteiger partial charge in [0.1, 0.15) is 23.9 Å². The van der Waals surface area contributed by atoms with Crippen molar-refractivity contribution >= 4 is 29.5 Å². The van der Waals surface area contributed by atoms with Gasteiger partial charge in [-0.05, 0) is 66.9 Å². The first-order valence-corrected chi connectivity index (χ1v) is 13.6. The van der Waals surface area contributed by atoms with Crippen LogP contribution in [0, 0.1) is 5.41 Å². The van der Waals surface area contributed by atoms with E-state index in [2.05, 4.69) is 15.4 Å². The summed E-state index contributed by atoms with van der Waals surface area (Å²) in [5, 5.41) is 13.0. The minimum atomic E-state index is -3.04. The molecular weight excluding hydrogens is 582 g/mol. The van der Waals surface area contributed by atoms with E-state index in [1.807, 2.05) is 31.2 Å². The van der Waals surface area contributed by atoms with Gasteiger partial charge in [0, 0.05) is 49.1 Å². The number of nitrogen functional groups attached to an aromatic ring is 1. The number of halogens is 4. The van der Waals surface area contributed by atoms with Gasteiger partial charge in [0.2, 0.25) is 12.3 Å². The van der Waals surface area contributed by atoms with E-state index in [0.29, 0.717) is 17.7 Å². The summed E-state index contributed by atoms with van der Waals surface area (Å²) in [6.45, 7) is 0.914. The maximum Gasteiger partial charge on any atom is 0.387 e. The second-order valence-electron chi connectivity index (χ2n) is 9.64. The molecule has 9 nitrogen and oxygen atoms in total. The van der Waals surface area contributed by atoms with Crippen LogP contribution < -0.4 is 25.8 Å². The number of benzene rings is 3. The van der Waals surface area contributed by atoms with Crippen LogP contribution in [0.25, 0.3) is 0 Å². The average molecular weight is 620 g/mol. The zero-order valence-electron chi connectivity index (χ0n) is 24.7. The molecule has 5 N–H and O–H groups in total. The Labute approximate surface area is 253 Å². The SMILES string of the molecule is CCNc1ccc(C(=N)N)cc1.C[C@H](CC(=O)Nc1ccc(OC(F)F)c(CN(C)C=O)c1)c1ccccc1OCC(F)F. The van der Waals surface area contributed by atoms with Crippen molar-refractivity contribution in [1.29, 1.82) is 5.41 Å². The van der Waals surface area contributed by atoms with Gasteiger partial charge in [-0.25, -0.2) is 8.78 Å². The number of amides is 2. The number of nitrogens with zero attached hydrogens (tertiary/aromatic N) is 1. The number of carbonyl (C=O) groups excluding carboxylic acids is 2. The summed E-state index contributed by atoms with van der Waals surface area (Å²) in [5.41, 5.74) is 8.35. The molecule has 238 valence electrons. The summed E-state index contributed by atoms with van der Waals surface area (Å²) in [6.07, 6.45) is -2.06. The van der Waals surface area contributed by atoms with E-state index in [1.165, 1.54) is 30.1 Å². The van der Waals surface area contributed by atoms with Crippen molar-refractivity contribution in [3.63, 3.8) is 0 Å². The lowest BCUT2D eigenvalue weighted by Crippen LogP contribution is -2.18. The van der Waals surface area contributed by atoms with Crippen molar-refractivity contribution in [2.24, 2.45) is 5.73 Å². The Morgan fingerprint density at radius 2 is 1.68 bits per heavy atom. The van der Waals surface area contributed by atoms with Crippen LogP contribution in [0.4, 0.5) is 28.9 Å². The molecule has 44 heavy (non-hydrogen) atoms. The number of anilines is 2. The highest BCUT2D eigenvalue weighted by Crippen LogP contribution is 2.30. The van der Waals surface area contributed by atoms with Crippen molar-refractivity contribution < 1.29 is 36.6 Å².